The molecule has 0 aromatic heterocycles. The molecule has 0 amide bonds. The van der Waals surface area contributed by atoms with Crippen molar-refractivity contribution in [3.8, 4) is 5.75 Å². The Labute approximate surface area is 115 Å². The second kappa shape index (κ2) is 5.80. The van der Waals surface area contributed by atoms with E-state index in [4.69, 9.17) is 17.1 Å². The third-order valence-electron chi connectivity index (χ3n) is 1.86. The van der Waals surface area contributed by atoms with Crippen molar-refractivity contribution in [1.82, 2.24) is 0 Å². The van der Waals surface area contributed by atoms with Gasteiger partial charge in [-0.1, -0.05) is 18.2 Å². The lowest BCUT2D eigenvalue weighted by molar-refractivity contribution is -0.873. The number of nitrogens with zero attached hydrogens (tertiary/aromatic N) is 1. The van der Waals surface area contributed by atoms with Gasteiger partial charge in [0.15, 0.2) is 0 Å². The summed E-state index contributed by atoms with van der Waals surface area (Å²) in [5.74, 6) is -0.781. The average molecular weight is 247 g/mol. The van der Waals surface area contributed by atoms with Gasteiger partial charge in [0.25, 0.3) is 0 Å². The number of hydrogen-bond donors (Lipinski definition) is 1. The van der Waals surface area contributed by atoms with E-state index in [1.165, 1.54) is 12.1 Å². The number of hydrogen-bond acceptors (Lipinski definition) is 3. The highest BCUT2D eigenvalue weighted by atomic mass is 16.5. The molecule has 1 rings (SSSR count). The first-order valence-corrected chi connectivity index (χ1v) is 4.94. The Hall–Kier alpha value is -1.39. The number of likely N-dealkylation sites (N-methyl/N-ethyl adjacent to an activating group) is 1. The average Bonchev–Trinajstić information content (AvgIpc) is 2.41. The Morgan fingerprint density at radius 3 is 2.65 bits per heavy atom. The van der Waals surface area contributed by atoms with Crippen LogP contribution in [0.5, 0.6) is 5.75 Å². The molecule has 0 radical (unpaired) electrons. The number of aliphatic hydroxyl groups is 1. The quantitative estimate of drug-likeness (QED) is 0.480. The van der Waals surface area contributed by atoms with Gasteiger partial charge in [-0.05, 0) is 12.1 Å². The highest BCUT2D eigenvalue weighted by Crippen LogP contribution is 2.10. The van der Waals surface area contributed by atoms with E-state index < -0.39 is 50.4 Å². The van der Waals surface area contributed by atoms with Crippen molar-refractivity contribution in [3.63, 3.8) is 0 Å². The smallest absolute Gasteiger partial charge is 0.314 e. The first-order valence-electron chi connectivity index (χ1n) is 9.44. The van der Waals surface area contributed by atoms with Crippen LogP contribution in [-0.2, 0) is 4.79 Å². The molecule has 0 saturated heterocycles. The van der Waals surface area contributed by atoms with Gasteiger partial charge in [0.1, 0.15) is 18.4 Å². The van der Waals surface area contributed by atoms with E-state index in [2.05, 4.69) is 0 Å². The van der Waals surface area contributed by atoms with Crippen molar-refractivity contribution < 1.29 is 31.5 Å². The molecule has 4 heteroatoms. The molecule has 0 heterocycles. The van der Waals surface area contributed by atoms with Crippen molar-refractivity contribution in [2.45, 2.75) is 12.5 Å². The van der Waals surface area contributed by atoms with E-state index in [1.807, 2.05) is 0 Å². The summed E-state index contributed by atoms with van der Waals surface area (Å²) >= 11 is 0. The fourth-order valence-corrected chi connectivity index (χ4v) is 1.23. The van der Waals surface area contributed by atoms with Gasteiger partial charge in [-0.3, -0.25) is 4.79 Å². The van der Waals surface area contributed by atoms with Crippen molar-refractivity contribution >= 4 is 5.97 Å². The van der Waals surface area contributed by atoms with Crippen molar-refractivity contribution in [2.75, 3.05) is 27.5 Å². The lowest BCUT2D eigenvalue weighted by atomic mass is 10.2. The highest BCUT2D eigenvalue weighted by Gasteiger charge is 2.19. The minimum absolute atomic E-state index is 0.174. The van der Waals surface area contributed by atoms with E-state index in [1.54, 1.807) is 18.2 Å². The SMILES string of the molecule is [2H]C([2H])([2H])[N+](C[C@H](O)CC(=O)Oc1ccccc1)(C([2H])([2H])[2H])C([2H])([2H])[2H]. The summed E-state index contributed by atoms with van der Waals surface area (Å²) in [4.78, 5) is 11.8. The fourth-order valence-electron chi connectivity index (χ4n) is 1.23. The molecule has 4 nitrogen and oxygen atoms in total. The van der Waals surface area contributed by atoms with Gasteiger partial charge >= 0.3 is 5.97 Å². The van der Waals surface area contributed by atoms with Crippen molar-refractivity contribution in [1.29, 1.82) is 0 Å². The summed E-state index contributed by atoms with van der Waals surface area (Å²) in [7, 11) is 0. The van der Waals surface area contributed by atoms with Crippen LogP contribution in [-0.4, -0.2) is 49.1 Å². The Bertz CT molecular complexity index is 574. The zero-order chi connectivity index (χ0) is 20.4. The molecule has 0 saturated carbocycles. The molecule has 1 atom stereocenters. The Morgan fingerprint density at radius 2 is 2.06 bits per heavy atom. The van der Waals surface area contributed by atoms with Crippen LogP contribution in [0.15, 0.2) is 30.3 Å². The maximum atomic E-state index is 11.8. The molecule has 0 aliphatic heterocycles. The van der Waals surface area contributed by atoms with Gasteiger partial charge in [-0.15, -0.1) is 0 Å². The molecule has 94 valence electrons. The van der Waals surface area contributed by atoms with Crippen LogP contribution >= 0.6 is 0 Å². The molecule has 0 fully saturated rings. The van der Waals surface area contributed by atoms with Gasteiger partial charge < -0.3 is 14.3 Å². The predicted molar refractivity (Wildman–Crippen MR) is 65.6 cm³/mol. The van der Waals surface area contributed by atoms with Crippen LogP contribution in [0.2, 0.25) is 0 Å². The summed E-state index contributed by atoms with van der Waals surface area (Å²) in [6, 6.07) is 7.81. The second-order valence-corrected chi connectivity index (χ2v) is 3.64. The van der Waals surface area contributed by atoms with Crippen LogP contribution in [0, 0.1) is 0 Å². The molecule has 1 aromatic rings. The van der Waals surface area contributed by atoms with Gasteiger partial charge in [-0.2, -0.15) is 0 Å². The number of ether oxygens (including phenoxy) is 1. The van der Waals surface area contributed by atoms with E-state index in [9.17, 15) is 9.90 Å². The summed E-state index contributed by atoms with van der Waals surface area (Å²) in [5.41, 5.74) is 0. The normalized spacial score (nSPS) is 23.2. The van der Waals surface area contributed by atoms with Crippen LogP contribution < -0.4 is 4.74 Å². The fraction of sp³-hybridized carbons (Fsp3) is 0.462. The molecule has 0 aliphatic rings. The molecular weight excluding hydrogens is 218 g/mol. The molecule has 1 aromatic carbocycles. The van der Waals surface area contributed by atoms with Crippen LogP contribution in [0.25, 0.3) is 0 Å². The van der Waals surface area contributed by atoms with Crippen molar-refractivity contribution in [3.05, 3.63) is 30.3 Å². The molecule has 0 aliphatic carbocycles. The number of para-hydroxylation sites is 1. The molecular formula is C13H20NO3+. The van der Waals surface area contributed by atoms with Gasteiger partial charge in [0.05, 0.1) is 39.7 Å². The largest absolute Gasteiger partial charge is 0.426 e. The van der Waals surface area contributed by atoms with Gasteiger partial charge in [-0.25, -0.2) is 0 Å². The standard InChI is InChI=1S/C13H20NO3/c1-14(2,3)10-11(15)9-13(16)17-12-7-5-4-6-8-12/h4-8,11,15H,9-10H2,1-3H3/q+1/t11-/m1/s1/i1D3,2D3,3D3. The Kier molecular flexibility index (Phi) is 1.88. The summed E-state index contributed by atoms with van der Waals surface area (Å²) in [5, 5.41) is 10.1. The highest BCUT2D eigenvalue weighted by molar-refractivity contribution is 5.72. The van der Waals surface area contributed by atoms with Gasteiger partial charge in [0, 0.05) is 0 Å². The number of quaternary nitrogens is 1. The number of benzene rings is 1. The van der Waals surface area contributed by atoms with Crippen LogP contribution in [0.4, 0.5) is 0 Å². The number of rotatable bonds is 5. The zero-order valence-corrected chi connectivity index (χ0v) is 9.09. The molecule has 17 heavy (non-hydrogen) atoms. The number of esters is 1. The lowest BCUT2D eigenvalue weighted by Crippen LogP contribution is -2.42. The van der Waals surface area contributed by atoms with Crippen LogP contribution in [0.1, 0.15) is 18.8 Å². The minimum Gasteiger partial charge on any atom is -0.426 e. The molecule has 0 spiro atoms. The first-order chi connectivity index (χ1) is 11.6. The van der Waals surface area contributed by atoms with E-state index in [-0.39, 0.29) is 5.75 Å². The number of carbonyl (C=O) groups excluding carboxylic acids is 1. The summed E-state index contributed by atoms with van der Waals surface area (Å²) in [6.07, 6.45) is -2.62. The maximum absolute atomic E-state index is 11.8. The second-order valence-electron chi connectivity index (χ2n) is 3.64. The number of carbonyl (C=O) groups is 1. The van der Waals surface area contributed by atoms with Crippen LogP contribution in [0.3, 0.4) is 0 Å². The monoisotopic (exact) mass is 247 g/mol. The summed E-state index contributed by atoms with van der Waals surface area (Å²) < 4.78 is 69.8. The van der Waals surface area contributed by atoms with Crippen molar-refractivity contribution in [2.24, 2.45) is 0 Å². The zero-order valence-electron chi connectivity index (χ0n) is 18.1. The first kappa shape index (κ1) is 5.50. The molecule has 0 unspecified atom stereocenters. The Balaban J connectivity index is 3.03. The van der Waals surface area contributed by atoms with E-state index in [0.29, 0.717) is 0 Å². The topological polar surface area (TPSA) is 46.5 Å². The predicted octanol–water partition coefficient (Wildman–Crippen LogP) is 1.05. The molecule has 1 N–H and O–H groups in total. The third kappa shape index (κ3) is 6.04. The third-order valence-corrected chi connectivity index (χ3v) is 1.86. The van der Waals surface area contributed by atoms with E-state index >= 15 is 0 Å². The van der Waals surface area contributed by atoms with Gasteiger partial charge in [0.2, 0.25) is 0 Å². The number of aliphatic hydroxyl groups excluding tert-OH is 1. The molecule has 0 bridgehead atoms. The summed E-state index contributed by atoms with van der Waals surface area (Å²) in [6.45, 7) is -11.7. The lowest BCUT2D eigenvalue weighted by Gasteiger charge is -2.26. The minimum atomic E-state index is -3.49. The maximum Gasteiger partial charge on any atom is 0.314 e. The Morgan fingerprint density at radius 1 is 1.41 bits per heavy atom. The van der Waals surface area contributed by atoms with E-state index in [0.717, 1.165) is 0 Å².